The lowest BCUT2D eigenvalue weighted by Gasteiger charge is -2.07. The lowest BCUT2D eigenvalue weighted by molar-refractivity contribution is 0.101. The van der Waals surface area contributed by atoms with Crippen molar-refractivity contribution in [2.24, 2.45) is 0 Å². The zero-order chi connectivity index (χ0) is 22.7. The standard InChI is InChI=1S/C21H17Cl3N6O2/c1-13-8-16(4-5-17(13)23)32-12-29-7-6-19(27-29)20(31)26-21-25-11-30(28-21)10-14-2-3-15(22)9-18(14)24/h2-9,11H,10,12H2,1H3,(H,26,28,31). The zero-order valence-electron chi connectivity index (χ0n) is 16.8. The molecule has 8 nitrogen and oxygen atoms in total. The molecule has 0 unspecified atom stereocenters. The molecule has 2 aromatic carbocycles. The molecule has 0 aliphatic rings. The van der Waals surface area contributed by atoms with Gasteiger partial charge in [-0.1, -0.05) is 40.9 Å². The van der Waals surface area contributed by atoms with Crippen LogP contribution >= 0.6 is 34.8 Å². The van der Waals surface area contributed by atoms with Gasteiger partial charge in [0.1, 0.15) is 12.1 Å². The van der Waals surface area contributed by atoms with Crippen LogP contribution in [-0.2, 0) is 13.3 Å². The predicted octanol–water partition coefficient (Wildman–Crippen LogP) is 5.08. The molecule has 0 aliphatic carbocycles. The van der Waals surface area contributed by atoms with Crippen molar-refractivity contribution in [3.05, 3.63) is 86.9 Å². The number of nitrogens with zero attached hydrogens (tertiary/aromatic N) is 5. The quantitative estimate of drug-likeness (QED) is 0.389. The lowest BCUT2D eigenvalue weighted by atomic mass is 10.2. The molecule has 164 valence electrons. The summed E-state index contributed by atoms with van der Waals surface area (Å²) in [4.78, 5) is 16.6. The van der Waals surface area contributed by atoms with Gasteiger partial charge in [0.25, 0.3) is 5.91 Å². The van der Waals surface area contributed by atoms with E-state index in [1.165, 1.54) is 11.0 Å². The van der Waals surface area contributed by atoms with E-state index in [2.05, 4.69) is 20.5 Å². The van der Waals surface area contributed by atoms with Crippen molar-refractivity contribution in [3.8, 4) is 5.75 Å². The molecule has 2 aromatic heterocycles. The molecule has 0 fully saturated rings. The number of anilines is 1. The predicted molar refractivity (Wildman–Crippen MR) is 123 cm³/mol. The molecule has 11 heteroatoms. The van der Waals surface area contributed by atoms with Gasteiger partial charge < -0.3 is 4.74 Å². The molecule has 0 saturated heterocycles. The van der Waals surface area contributed by atoms with Crippen LogP contribution in [0.1, 0.15) is 21.6 Å². The van der Waals surface area contributed by atoms with Crippen LogP contribution in [-0.4, -0.2) is 30.5 Å². The first-order valence-electron chi connectivity index (χ1n) is 9.44. The van der Waals surface area contributed by atoms with Gasteiger partial charge in [-0.25, -0.2) is 14.3 Å². The summed E-state index contributed by atoms with van der Waals surface area (Å²) < 4.78 is 8.75. The highest BCUT2D eigenvalue weighted by Gasteiger charge is 2.13. The molecule has 4 rings (SSSR count). The van der Waals surface area contributed by atoms with Crippen molar-refractivity contribution in [3.63, 3.8) is 0 Å². The highest BCUT2D eigenvalue weighted by molar-refractivity contribution is 6.35. The van der Waals surface area contributed by atoms with E-state index >= 15 is 0 Å². The molecule has 0 saturated carbocycles. The Hall–Kier alpha value is -3.07. The van der Waals surface area contributed by atoms with Crippen molar-refractivity contribution in [2.75, 3.05) is 5.32 Å². The van der Waals surface area contributed by atoms with Crippen LogP contribution in [0.15, 0.2) is 55.0 Å². The number of benzene rings is 2. The van der Waals surface area contributed by atoms with Crippen LogP contribution in [0.3, 0.4) is 0 Å². The molecule has 32 heavy (non-hydrogen) atoms. The molecule has 4 aromatic rings. The van der Waals surface area contributed by atoms with Gasteiger partial charge in [0.05, 0.1) is 6.54 Å². The van der Waals surface area contributed by atoms with Crippen molar-refractivity contribution in [1.82, 2.24) is 24.5 Å². The van der Waals surface area contributed by atoms with Gasteiger partial charge in [0, 0.05) is 21.3 Å². The minimum absolute atomic E-state index is 0.142. The van der Waals surface area contributed by atoms with E-state index < -0.39 is 5.91 Å². The number of halogens is 3. The molecule has 0 aliphatic heterocycles. The summed E-state index contributed by atoms with van der Waals surface area (Å²) in [5.41, 5.74) is 1.95. The Kier molecular flexibility index (Phi) is 6.64. The molecule has 0 bridgehead atoms. The Morgan fingerprint density at radius 3 is 2.66 bits per heavy atom. The summed E-state index contributed by atoms with van der Waals surface area (Å²) in [6.45, 7) is 2.42. The van der Waals surface area contributed by atoms with Crippen LogP contribution in [0.4, 0.5) is 5.95 Å². The Balaban J connectivity index is 1.34. The summed E-state index contributed by atoms with van der Waals surface area (Å²) in [6, 6.07) is 12.2. The first-order chi connectivity index (χ1) is 15.4. The second-order valence-corrected chi connectivity index (χ2v) is 8.13. The number of amides is 1. The average Bonchev–Trinajstić information content (AvgIpc) is 3.40. The third-order valence-corrected chi connectivity index (χ3v) is 5.49. The van der Waals surface area contributed by atoms with E-state index in [1.807, 2.05) is 19.1 Å². The molecule has 2 heterocycles. The number of carbonyl (C=O) groups excluding carboxylic acids is 1. The van der Waals surface area contributed by atoms with Crippen LogP contribution in [0, 0.1) is 6.92 Å². The normalized spacial score (nSPS) is 10.9. The third kappa shape index (κ3) is 5.40. The van der Waals surface area contributed by atoms with Gasteiger partial charge in [-0.3, -0.25) is 10.1 Å². The topological polar surface area (TPSA) is 86.9 Å². The molecular formula is C21H17Cl3N6O2. The molecular weight excluding hydrogens is 475 g/mol. The van der Waals surface area contributed by atoms with Crippen LogP contribution in [0.2, 0.25) is 15.1 Å². The molecule has 0 spiro atoms. The zero-order valence-corrected chi connectivity index (χ0v) is 19.1. The van der Waals surface area contributed by atoms with Crippen LogP contribution < -0.4 is 10.1 Å². The van der Waals surface area contributed by atoms with Crippen molar-refractivity contribution in [2.45, 2.75) is 20.2 Å². The van der Waals surface area contributed by atoms with E-state index in [-0.39, 0.29) is 18.4 Å². The Morgan fingerprint density at radius 1 is 1.03 bits per heavy atom. The third-order valence-electron chi connectivity index (χ3n) is 4.48. The smallest absolute Gasteiger partial charge is 0.278 e. The first-order valence-corrected chi connectivity index (χ1v) is 10.6. The maximum atomic E-state index is 12.5. The van der Waals surface area contributed by atoms with E-state index in [9.17, 15) is 4.79 Å². The fourth-order valence-electron chi connectivity index (χ4n) is 2.82. The number of aryl methyl sites for hydroxylation is 1. The number of rotatable bonds is 7. The highest BCUT2D eigenvalue weighted by Crippen LogP contribution is 2.22. The van der Waals surface area contributed by atoms with Gasteiger partial charge in [-0.05, 0) is 54.4 Å². The first kappa shape index (κ1) is 22.1. The summed E-state index contributed by atoms with van der Waals surface area (Å²) >= 11 is 18.1. The van der Waals surface area contributed by atoms with E-state index in [0.717, 1.165) is 11.1 Å². The number of aromatic nitrogens is 5. The van der Waals surface area contributed by atoms with E-state index in [0.29, 0.717) is 27.4 Å². The molecule has 1 N–H and O–H groups in total. The maximum absolute atomic E-state index is 12.5. The summed E-state index contributed by atoms with van der Waals surface area (Å²) in [5, 5.41) is 12.8. The van der Waals surface area contributed by atoms with Crippen LogP contribution in [0.25, 0.3) is 0 Å². The fourth-order valence-corrected chi connectivity index (χ4v) is 3.41. The largest absolute Gasteiger partial charge is 0.471 e. The molecule has 1 amide bonds. The Labute approximate surface area is 198 Å². The van der Waals surface area contributed by atoms with Crippen LogP contribution in [0.5, 0.6) is 5.75 Å². The van der Waals surface area contributed by atoms with Gasteiger partial charge in [0.15, 0.2) is 12.4 Å². The minimum Gasteiger partial charge on any atom is -0.471 e. The minimum atomic E-state index is -0.437. The second-order valence-electron chi connectivity index (χ2n) is 6.88. The number of hydrogen-bond acceptors (Lipinski definition) is 5. The van der Waals surface area contributed by atoms with E-state index in [1.54, 1.807) is 41.2 Å². The highest BCUT2D eigenvalue weighted by atomic mass is 35.5. The number of nitrogens with one attached hydrogen (secondary N) is 1. The van der Waals surface area contributed by atoms with E-state index in [4.69, 9.17) is 39.5 Å². The monoisotopic (exact) mass is 490 g/mol. The number of hydrogen-bond donors (Lipinski definition) is 1. The van der Waals surface area contributed by atoms with Crippen molar-refractivity contribution >= 4 is 46.7 Å². The Bertz CT molecular complexity index is 1270. The molecule has 0 atom stereocenters. The second kappa shape index (κ2) is 9.60. The summed E-state index contributed by atoms with van der Waals surface area (Å²) in [7, 11) is 0. The molecule has 0 radical (unpaired) electrons. The summed E-state index contributed by atoms with van der Waals surface area (Å²) in [5.74, 6) is 0.375. The Morgan fingerprint density at radius 2 is 1.88 bits per heavy atom. The SMILES string of the molecule is Cc1cc(OCn2ccc(C(=O)Nc3ncn(Cc4ccc(Cl)cc4Cl)n3)n2)ccc1Cl. The van der Waals surface area contributed by atoms with Crippen molar-refractivity contribution < 1.29 is 9.53 Å². The number of carbonyl (C=O) groups is 1. The summed E-state index contributed by atoms with van der Waals surface area (Å²) in [6.07, 6.45) is 3.15. The van der Waals surface area contributed by atoms with Gasteiger partial charge >= 0.3 is 0 Å². The van der Waals surface area contributed by atoms with Crippen molar-refractivity contribution in [1.29, 1.82) is 0 Å². The van der Waals surface area contributed by atoms with Gasteiger partial charge in [0.2, 0.25) is 5.95 Å². The van der Waals surface area contributed by atoms with Gasteiger partial charge in [-0.2, -0.15) is 5.10 Å². The lowest BCUT2D eigenvalue weighted by Crippen LogP contribution is -2.15. The van der Waals surface area contributed by atoms with Gasteiger partial charge in [-0.15, -0.1) is 5.10 Å². The maximum Gasteiger partial charge on any atom is 0.278 e. The fraction of sp³-hybridized carbons (Fsp3) is 0.143. The number of ether oxygens (including phenoxy) is 1. The average molecular weight is 492 g/mol.